The maximum atomic E-state index is 13.4. The number of para-hydroxylation sites is 1. The summed E-state index contributed by atoms with van der Waals surface area (Å²) in [5, 5.41) is 4.28. The molecule has 1 aliphatic heterocycles. The Morgan fingerprint density at radius 1 is 1.00 bits per heavy atom. The fourth-order valence-electron chi connectivity index (χ4n) is 4.08. The highest BCUT2D eigenvalue weighted by molar-refractivity contribution is 9.10. The van der Waals surface area contributed by atoms with Gasteiger partial charge in [0.1, 0.15) is 0 Å². The molecule has 0 bridgehead atoms. The highest BCUT2D eigenvalue weighted by Gasteiger charge is 2.42. The van der Waals surface area contributed by atoms with Gasteiger partial charge in [-0.05, 0) is 61.0 Å². The van der Waals surface area contributed by atoms with E-state index in [2.05, 4.69) is 26.5 Å². The Kier molecular flexibility index (Phi) is 7.49. The molecule has 4 rings (SSSR count). The molecule has 9 heteroatoms. The zero-order valence-corrected chi connectivity index (χ0v) is 21.5. The van der Waals surface area contributed by atoms with Gasteiger partial charge in [0.15, 0.2) is 11.5 Å². The number of carbonyl (C=O) groups is 3. The Morgan fingerprint density at radius 2 is 1.64 bits per heavy atom. The van der Waals surface area contributed by atoms with E-state index < -0.39 is 5.92 Å². The van der Waals surface area contributed by atoms with Crippen molar-refractivity contribution in [2.45, 2.75) is 19.3 Å². The quantitative estimate of drug-likeness (QED) is 0.262. The summed E-state index contributed by atoms with van der Waals surface area (Å²) in [5.74, 6) is -0.921. The van der Waals surface area contributed by atoms with Gasteiger partial charge in [0, 0.05) is 22.0 Å². The summed E-state index contributed by atoms with van der Waals surface area (Å²) in [6, 6.07) is 19.1. The van der Waals surface area contributed by atoms with Crippen LogP contribution in [0.2, 0.25) is 0 Å². The Labute approximate surface area is 217 Å². The molecule has 0 saturated carbocycles. The van der Waals surface area contributed by atoms with Crippen LogP contribution in [-0.2, 0) is 9.59 Å². The molecule has 1 aliphatic rings. The molecule has 3 aromatic rings. The van der Waals surface area contributed by atoms with E-state index in [-0.39, 0.29) is 24.1 Å². The lowest BCUT2D eigenvalue weighted by Crippen LogP contribution is -2.30. The summed E-state index contributed by atoms with van der Waals surface area (Å²) in [6.45, 7) is 1.71. The number of ether oxygens (including phenoxy) is 2. The third-order valence-corrected chi connectivity index (χ3v) is 6.44. The van der Waals surface area contributed by atoms with Crippen molar-refractivity contribution < 1.29 is 23.9 Å². The number of hydrazone groups is 1. The van der Waals surface area contributed by atoms with Crippen molar-refractivity contribution in [2.24, 2.45) is 5.10 Å². The van der Waals surface area contributed by atoms with Gasteiger partial charge in [-0.25, -0.2) is 5.43 Å². The van der Waals surface area contributed by atoms with E-state index in [1.807, 2.05) is 6.07 Å². The smallest absolute Gasteiger partial charge is 0.271 e. The number of nitrogens with one attached hydrogen (secondary N) is 1. The third-order valence-electron chi connectivity index (χ3n) is 5.91. The third kappa shape index (κ3) is 5.01. The number of amides is 3. The lowest BCUT2D eigenvalue weighted by molar-refractivity contribution is -0.121. The minimum Gasteiger partial charge on any atom is -0.493 e. The molecule has 8 nitrogen and oxygen atoms in total. The van der Waals surface area contributed by atoms with Crippen molar-refractivity contribution in [3.05, 3.63) is 87.9 Å². The molecular formula is C27H24BrN3O5. The normalized spacial score (nSPS) is 15.7. The van der Waals surface area contributed by atoms with Gasteiger partial charge in [0.05, 0.1) is 31.5 Å². The SMILES string of the molecule is COc1cc(/C(C)=N/NC(=O)c2ccc(Br)cc2)c(C2CC(=O)N(c3ccccc3)C2=O)cc1OC. The van der Waals surface area contributed by atoms with Gasteiger partial charge in [-0.3, -0.25) is 19.3 Å². The molecule has 3 amide bonds. The van der Waals surface area contributed by atoms with Crippen molar-refractivity contribution >= 4 is 45.1 Å². The van der Waals surface area contributed by atoms with Crippen LogP contribution in [0.1, 0.15) is 40.7 Å². The molecule has 0 spiro atoms. The van der Waals surface area contributed by atoms with Crippen molar-refractivity contribution in [3.8, 4) is 11.5 Å². The van der Waals surface area contributed by atoms with Crippen LogP contribution < -0.4 is 19.8 Å². The van der Waals surface area contributed by atoms with Crippen LogP contribution in [0.3, 0.4) is 0 Å². The molecule has 1 atom stereocenters. The maximum Gasteiger partial charge on any atom is 0.271 e. The summed E-state index contributed by atoms with van der Waals surface area (Å²) in [4.78, 5) is 40.1. The Balaban J connectivity index is 1.71. The second kappa shape index (κ2) is 10.7. The largest absolute Gasteiger partial charge is 0.493 e. The molecule has 0 aliphatic carbocycles. The number of anilines is 1. The van der Waals surface area contributed by atoms with E-state index in [9.17, 15) is 14.4 Å². The highest BCUT2D eigenvalue weighted by Crippen LogP contribution is 2.40. The fourth-order valence-corrected chi connectivity index (χ4v) is 4.34. The minimum atomic E-state index is -0.750. The molecule has 0 aromatic heterocycles. The van der Waals surface area contributed by atoms with E-state index in [0.717, 1.165) is 4.47 Å². The van der Waals surface area contributed by atoms with E-state index in [0.29, 0.717) is 39.6 Å². The Morgan fingerprint density at radius 3 is 2.28 bits per heavy atom. The molecule has 1 fully saturated rings. The maximum absolute atomic E-state index is 13.4. The van der Waals surface area contributed by atoms with Gasteiger partial charge < -0.3 is 9.47 Å². The van der Waals surface area contributed by atoms with Crippen molar-refractivity contribution in [2.75, 3.05) is 19.1 Å². The number of imide groups is 1. The van der Waals surface area contributed by atoms with E-state index in [1.165, 1.54) is 19.1 Å². The second-order valence-corrected chi connectivity index (χ2v) is 9.01. The first-order valence-corrected chi connectivity index (χ1v) is 11.9. The number of carbonyl (C=O) groups excluding carboxylic acids is 3. The molecule has 1 N–H and O–H groups in total. The number of halogens is 1. The van der Waals surface area contributed by atoms with Crippen LogP contribution >= 0.6 is 15.9 Å². The van der Waals surface area contributed by atoms with E-state index >= 15 is 0 Å². The summed E-state index contributed by atoms with van der Waals surface area (Å²) in [7, 11) is 3.00. The number of nitrogens with zero attached hydrogens (tertiary/aromatic N) is 2. The van der Waals surface area contributed by atoms with Gasteiger partial charge in [0.2, 0.25) is 11.8 Å². The highest BCUT2D eigenvalue weighted by atomic mass is 79.9. The molecular weight excluding hydrogens is 526 g/mol. The number of methoxy groups -OCH3 is 2. The first-order valence-electron chi connectivity index (χ1n) is 11.1. The summed E-state index contributed by atoms with van der Waals surface area (Å²) in [6.07, 6.45) is -0.00522. The zero-order valence-electron chi connectivity index (χ0n) is 19.9. The molecule has 1 heterocycles. The average molecular weight is 550 g/mol. The standard InChI is InChI=1S/C27H24BrN3O5/c1-16(29-30-26(33)17-9-11-18(28)12-10-17)20-13-23(35-2)24(36-3)14-21(20)22-15-25(32)31(27(22)34)19-7-5-4-6-8-19/h4-14,22H,15H2,1-3H3,(H,30,33)/b29-16+. The van der Waals surface area contributed by atoms with Gasteiger partial charge >= 0.3 is 0 Å². The van der Waals surface area contributed by atoms with Gasteiger partial charge in [0.25, 0.3) is 5.91 Å². The summed E-state index contributed by atoms with van der Waals surface area (Å²) < 4.78 is 11.8. The van der Waals surface area contributed by atoms with Crippen molar-refractivity contribution in [3.63, 3.8) is 0 Å². The topological polar surface area (TPSA) is 97.3 Å². The Hall–Kier alpha value is -3.98. The zero-order chi connectivity index (χ0) is 25.8. The number of hydrogen-bond donors (Lipinski definition) is 1. The van der Waals surface area contributed by atoms with Crippen LogP contribution in [0.15, 0.2) is 76.3 Å². The van der Waals surface area contributed by atoms with Crippen molar-refractivity contribution in [1.29, 1.82) is 0 Å². The average Bonchev–Trinajstić information content (AvgIpc) is 3.20. The lowest BCUT2D eigenvalue weighted by atomic mass is 9.90. The Bertz CT molecular complexity index is 1340. The molecule has 0 radical (unpaired) electrons. The molecule has 1 unspecified atom stereocenters. The second-order valence-electron chi connectivity index (χ2n) is 8.10. The van der Waals surface area contributed by atoms with Crippen molar-refractivity contribution in [1.82, 2.24) is 5.43 Å². The molecule has 36 heavy (non-hydrogen) atoms. The number of benzene rings is 3. The van der Waals surface area contributed by atoms with E-state index in [4.69, 9.17) is 9.47 Å². The molecule has 1 saturated heterocycles. The number of rotatable bonds is 7. The van der Waals surface area contributed by atoms with Crippen LogP contribution in [0.25, 0.3) is 0 Å². The molecule has 3 aromatic carbocycles. The predicted molar refractivity (Wildman–Crippen MR) is 140 cm³/mol. The van der Waals surface area contributed by atoms with Crippen LogP contribution in [0.4, 0.5) is 5.69 Å². The van der Waals surface area contributed by atoms with Gasteiger partial charge in [-0.15, -0.1) is 0 Å². The predicted octanol–water partition coefficient (Wildman–Crippen LogP) is 4.67. The van der Waals surface area contributed by atoms with Crippen LogP contribution in [-0.4, -0.2) is 37.7 Å². The van der Waals surface area contributed by atoms with E-state index in [1.54, 1.807) is 67.6 Å². The van der Waals surface area contributed by atoms with Gasteiger partial charge in [-0.1, -0.05) is 34.1 Å². The van der Waals surface area contributed by atoms with Crippen LogP contribution in [0.5, 0.6) is 11.5 Å². The fraction of sp³-hybridized carbons (Fsp3) is 0.185. The lowest BCUT2D eigenvalue weighted by Gasteiger charge is -2.19. The van der Waals surface area contributed by atoms with Gasteiger partial charge in [-0.2, -0.15) is 5.10 Å². The number of hydrogen-bond acceptors (Lipinski definition) is 6. The monoisotopic (exact) mass is 549 g/mol. The summed E-state index contributed by atoms with van der Waals surface area (Å²) >= 11 is 3.34. The molecule has 184 valence electrons. The first kappa shape index (κ1) is 25.1. The first-order chi connectivity index (χ1) is 17.3. The van der Waals surface area contributed by atoms with Crippen LogP contribution in [0, 0.1) is 0 Å². The summed E-state index contributed by atoms with van der Waals surface area (Å²) in [5.41, 5.74) is 5.07. The minimum absolute atomic E-state index is 0.00522.